The lowest BCUT2D eigenvalue weighted by Crippen LogP contribution is -2.71. The van der Waals surface area contributed by atoms with Crippen LogP contribution in [0.2, 0.25) is 0 Å². The van der Waals surface area contributed by atoms with E-state index in [0.717, 1.165) is 4.90 Å². The first-order valence-electron chi connectivity index (χ1n) is 4.94. The molecule has 1 N–H and O–H groups in total. The number of aliphatic hydroxyl groups is 1. The number of alkyl halides is 2. The van der Waals surface area contributed by atoms with Gasteiger partial charge in [-0.15, -0.1) is 0 Å². The molecule has 1 aliphatic heterocycles. The molecule has 1 heterocycles. The fraction of sp³-hybridized carbons (Fsp3) is 0.700. The predicted octanol–water partition coefficient (Wildman–Crippen LogP) is 1.18. The number of allylic oxidation sites excluding steroid dienone is 1. The van der Waals surface area contributed by atoms with Gasteiger partial charge in [-0.05, 0) is 13.3 Å². The largest absolute Gasteiger partial charge is 0.394 e. The van der Waals surface area contributed by atoms with Crippen LogP contribution in [0.4, 0.5) is 8.78 Å². The lowest BCUT2D eigenvalue weighted by Gasteiger charge is -2.48. The van der Waals surface area contributed by atoms with Gasteiger partial charge in [-0.25, -0.2) is 0 Å². The van der Waals surface area contributed by atoms with Gasteiger partial charge in [0.2, 0.25) is 0 Å². The van der Waals surface area contributed by atoms with Gasteiger partial charge in [0.05, 0.1) is 12.6 Å². The van der Waals surface area contributed by atoms with Crippen LogP contribution in [0.15, 0.2) is 12.2 Å². The third kappa shape index (κ3) is 1.76. The van der Waals surface area contributed by atoms with Gasteiger partial charge in [0.1, 0.15) is 6.04 Å². The first-order valence-corrected chi connectivity index (χ1v) is 4.94. The Morgan fingerprint density at radius 1 is 1.67 bits per heavy atom. The summed E-state index contributed by atoms with van der Waals surface area (Å²) in [6.07, 6.45) is 3.24. The Morgan fingerprint density at radius 3 is 2.67 bits per heavy atom. The van der Waals surface area contributed by atoms with Gasteiger partial charge in [0.15, 0.2) is 0 Å². The Kier molecular flexibility index (Phi) is 3.44. The van der Waals surface area contributed by atoms with Gasteiger partial charge in [-0.1, -0.05) is 19.1 Å². The number of carbonyl (C=O) groups excluding carboxylic acids is 1. The van der Waals surface area contributed by atoms with Gasteiger partial charge in [0, 0.05) is 0 Å². The number of carbonyl (C=O) groups is 1. The molecule has 3 nitrogen and oxygen atoms in total. The minimum atomic E-state index is -3.31. The molecule has 15 heavy (non-hydrogen) atoms. The van der Waals surface area contributed by atoms with Crippen LogP contribution in [-0.2, 0) is 4.79 Å². The third-order valence-electron chi connectivity index (χ3n) is 2.64. The molecule has 0 saturated carbocycles. The molecule has 0 aromatic heterocycles. The minimum absolute atomic E-state index is 0.285. The molecule has 0 spiro atoms. The van der Waals surface area contributed by atoms with Gasteiger partial charge < -0.3 is 10.0 Å². The number of amides is 1. The molecule has 5 heteroatoms. The number of halogens is 2. The van der Waals surface area contributed by atoms with Crippen molar-refractivity contribution in [3.8, 4) is 0 Å². The highest BCUT2D eigenvalue weighted by atomic mass is 19.3. The highest BCUT2D eigenvalue weighted by Crippen LogP contribution is 2.39. The number of nitrogens with zero attached hydrogens (tertiary/aromatic N) is 1. The summed E-state index contributed by atoms with van der Waals surface area (Å²) in [5.41, 5.74) is 0. The monoisotopic (exact) mass is 219 g/mol. The topological polar surface area (TPSA) is 40.5 Å². The van der Waals surface area contributed by atoms with Crippen molar-refractivity contribution in [2.45, 2.75) is 38.3 Å². The predicted molar refractivity (Wildman–Crippen MR) is 51.6 cm³/mol. The van der Waals surface area contributed by atoms with Crippen LogP contribution in [0.3, 0.4) is 0 Å². The average Bonchev–Trinajstić information content (AvgIpc) is 2.23. The summed E-state index contributed by atoms with van der Waals surface area (Å²) in [5.74, 6) is -4.50. The summed E-state index contributed by atoms with van der Waals surface area (Å²) in [7, 11) is 0. The second kappa shape index (κ2) is 4.26. The lowest BCUT2D eigenvalue weighted by atomic mass is 9.92. The number of hydrogen-bond donors (Lipinski definition) is 1. The van der Waals surface area contributed by atoms with Gasteiger partial charge in [-0.2, -0.15) is 8.78 Å². The Labute approximate surface area is 87.4 Å². The van der Waals surface area contributed by atoms with Crippen molar-refractivity contribution in [1.29, 1.82) is 0 Å². The van der Waals surface area contributed by atoms with Gasteiger partial charge >= 0.3 is 5.92 Å². The zero-order valence-electron chi connectivity index (χ0n) is 8.78. The molecule has 0 aromatic rings. The van der Waals surface area contributed by atoms with E-state index >= 15 is 0 Å². The molecule has 2 atom stereocenters. The van der Waals surface area contributed by atoms with E-state index in [2.05, 4.69) is 0 Å². The Hall–Kier alpha value is -0.970. The van der Waals surface area contributed by atoms with E-state index in [-0.39, 0.29) is 6.61 Å². The lowest BCUT2D eigenvalue weighted by molar-refractivity contribution is -0.204. The maximum absolute atomic E-state index is 13.1. The van der Waals surface area contributed by atoms with Crippen LogP contribution in [0.1, 0.15) is 20.3 Å². The smallest absolute Gasteiger partial charge is 0.348 e. The zero-order chi connectivity index (χ0) is 11.6. The van der Waals surface area contributed by atoms with E-state index in [1.165, 1.54) is 12.2 Å². The molecular formula is C10H15F2NO2. The van der Waals surface area contributed by atoms with Crippen molar-refractivity contribution in [1.82, 2.24) is 4.90 Å². The van der Waals surface area contributed by atoms with Gasteiger partial charge in [0.25, 0.3) is 5.91 Å². The standard InChI is InChI=1S/C10H15F2NO2/c1-3-5-8-10(11,12)9(15)13(8)7(4-2)6-14/h3,5,7-8,14H,4,6H2,1-2H3/b5-3+/t7-,8+/m1/s1. The van der Waals surface area contributed by atoms with Crippen molar-refractivity contribution in [3.05, 3.63) is 12.2 Å². The zero-order valence-corrected chi connectivity index (χ0v) is 8.78. The molecule has 0 aliphatic carbocycles. The molecular weight excluding hydrogens is 204 g/mol. The molecule has 86 valence electrons. The fourth-order valence-electron chi connectivity index (χ4n) is 1.74. The summed E-state index contributed by atoms with van der Waals surface area (Å²) < 4.78 is 26.3. The normalized spacial score (nSPS) is 26.9. The van der Waals surface area contributed by atoms with E-state index in [9.17, 15) is 13.6 Å². The first kappa shape index (κ1) is 12.1. The Bertz CT molecular complexity index is 275. The number of likely N-dealkylation sites (tertiary alicyclic amines) is 1. The van der Waals surface area contributed by atoms with Gasteiger partial charge in [-0.3, -0.25) is 4.79 Å². The fourth-order valence-corrected chi connectivity index (χ4v) is 1.74. The van der Waals surface area contributed by atoms with E-state index < -0.39 is 23.9 Å². The SMILES string of the molecule is C/C=C/[C@@H]1N([C@H](CC)CO)C(=O)C1(F)F. The van der Waals surface area contributed by atoms with Crippen molar-refractivity contribution >= 4 is 5.91 Å². The average molecular weight is 219 g/mol. The molecule has 1 rings (SSSR count). The quantitative estimate of drug-likeness (QED) is 0.569. The Morgan fingerprint density at radius 2 is 2.27 bits per heavy atom. The molecule has 0 aromatic carbocycles. The van der Waals surface area contributed by atoms with E-state index in [4.69, 9.17) is 5.11 Å². The maximum Gasteiger partial charge on any atom is 0.348 e. The maximum atomic E-state index is 13.1. The number of rotatable bonds is 4. The third-order valence-corrected chi connectivity index (χ3v) is 2.64. The highest BCUT2D eigenvalue weighted by Gasteiger charge is 2.63. The van der Waals surface area contributed by atoms with Crippen LogP contribution < -0.4 is 0 Å². The van der Waals surface area contributed by atoms with Crippen LogP contribution in [0.25, 0.3) is 0 Å². The molecule has 1 amide bonds. The van der Waals surface area contributed by atoms with Crippen LogP contribution in [0, 0.1) is 0 Å². The molecule has 0 radical (unpaired) electrons. The Balaban J connectivity index is 2.86. The summed E-state index contributed by atoms with van der Waals surface area (Å²) >= 11 is 0. The second-order valence-electron chi connectivity index (χ2n) is 3.55. The van der Waals surface area contributed by atoms with Crippen molar-refractivity contribution < 1.29 is 18.7 Å². The first-order chi connectivity index (χ1) is 7.00. The van der Waals surface area contributed by atoms with Crippen molar-refractivity contribution in [2.24, 2.45) is 0 Å². The molecule has 1 aliphatic rings. The summed E-state index contributed by atoms with van der Waals surface area (Å²) in [5, 5.41) is 8.97. The number of β-lactam (4-membered cyclic amide) rings is 1. The second-order valence-corrected chi connectivity index (χ2v) is 3.55. The van der Waals surface area contributed by atoms with Crippen LogP contribution in [-0.4, -0.2) is 40.5 Å². The number of hydrogen-bond acceptors (Lipinski definition) is 2. The number of aliphatic hydroxyl groups excluding tert-OH is 1. The summed E-state index contributed by atoms with van der Waals surface area (Å²) in [4.78, 5) is 12.2. The van der Waals surface area contributed by atoms with Crippen LogP contribution >= 0.6 is 0 Å². The van der Waals surface area contributed by atoms with E-state index in [1.54, 1.807) is 13.8 Å². The molecule has 1 saturated heterocycles. The minimum Gasteiger partial charge on any atom is -0.394 e. The molecule has 1 fully saturated rings. The molecule has 0 unspecified atom stereocenters. The van der Waals surface area contributed by atoms with Crippen molar-refractivity contribution in [2.75, 3.05) is 6.61 Å². The summed E-state index contributed by atoms with van der Waals surface area (Å²) in [6, 6.07) is -1.72. The molecule has 0 bridgehead atoms. The highest BCUT2D eigenvalue weighted by molar-refractivity contribution is 5.92. The van der Waals surface area contributed by atoms with Crippen LogP contribution in [0.5, 0.6) is 0 Å². The van der Waals surface area contributed by atoms with Crippen molar-refractivity contribution in [3.63, 3.8) is 0 Å². The van der Waals surface area contributed by atoms with E-state index in [1.807, 2.05) is 0 Å². The summed E-state index contributed by atoms with van der Waals surface area (Å²) in [6.45, 7) is 3.08. The van der Waals surface area contributed by atoms with E-state index in [0.29, 0.717) is 6.42 Å².